The van der Waals surface area contributed by atoms with Crippen LogP contribution in [0, 0.1) is 12.8 Å². The van der Waals surface area contributed by atoms with E-state index in [-0.39, 0.29) is 17.9 Å². The molecule has 1 aromatic carbocycles. The van der Waals surface area contributed by atoms with E-state index in [4.69, 9.17) is 5.73 Å². The standard InChI is InChI=1S/C19H29N3O2S/c1-13-5-3-6-14(11-13)18(23)22-17(9-10-25-2)19(24)21-16-8-4-7-15(16)12-20/h3,5-6,11,15-17H,4,7-10,12,20H2,1-2H3,(H,21,24)(H,22,23). The Morgan fingerprint density at radius 2 is 2.16 bits per heavy atom. The maximum atomic E-state index is 12.7. The van der Waals surface area contributed by atoms with Gasteiger partial charge in [-0.1, -0.05) is 24.1 Å². The maximum Gasteiger partial charge on any atom is 0.251 e. The van der Waals surface area contributed by atoms with Crippen LogP contribution in [-0.2, 0) is 4.79 Å². The maximum absolute atomic E-state index is 12.7. The summed E-state index contributed by atoms with van der Waals surface area (Å²) in [6, 6.07) is 7.02. The quantitative estimate of drug-likeness (QED) is 0.660. The van der Waals surface area contributed by atoms with Crippen molar-refractivity contribution in [3.8, 4) is 0 Å². The average Bonchev–Trinajstić information content (AvgIpc) is 3.05. The number of nitrogens with two attached hydrogens (primary N) is 1. The van der Waals surface area contributed by atoms with Crippen LogP contribution in [0.1, 0.15) is 41.6 Å². The first-order valence-corrected chi connectivity index (χ1v) is 10.3. The number of carbonyl (C=O) groups excluding carboxylic acids is 2. The Hall–Kier alpha value is -1.53. The van der Waals surface area contributed by atoms with Gasteiger partial charge in [0.25, 0.3) is 5.91 Å². The highest BCUT2D eigenvalue weighted by Crippen LogP contribution is 2.24. The van der Waals surface area contributed by atoms with Crippen molar-refractivity contribution in [3.05, 3.63) is 35.4 Å². The average molecular weight is 364 g/mol. The molecule has 2 amide bonds. The molecular weight excluding hydrogens is 334 g/mol. The Bertz CT molecular complexity index is 594. The molecule has 5 nitrogen and oxygen atoms in total. The molecule has 0 spiro atoms. The van der Waals surface area contributed by atoms with E-state index >= 15 is 0 Å². The number of rotatable bonds is 8. The normalized spacial score (nSPS) is 20.9. The van der Waals surface area contributed by atoms with E-state index in [9.17, 15) is 9.59 Å². The highest BCUT2D eigenvalue weighted by atomic mass is 32.2. The van der Waals surface area contributed by atoms with Crippen LogP contribution >= 0.6 is 11.8 Å². The second-order valence-electron chi connectivity index (χ2n) is 6.72. The summed E-state index contributed by atoms with van der Waals surface area (Å²) in [6.45, 7) is 2.54. The van der Waals surface area contributed by atoms with E-state index in [0.29, 0.717) is 24.4 Å². The lowest BCUT2D eigenvalue weighted by molar-refractivity contribution is -0.123. The van der Waals surface area contributed by atoms with E-state index in [1.54, 1.807) is 17.8 Å². The molecule has 1 aliphatic rings. The number of hydrogen-bond acceptors (Lipinski definition) is 4. The fourth-order valence-electron chi connectivity index (χ4n) is 3.32. The number of carbonyl (C=O) groups is 2. The highest BCUT2D eigenvalue weighted by Gasteiger charge is 2.30. The molecule has 0 saturated heterocycles. The predicted octanol–water partition coefficient (Wildman–Crippen LogP) is 2.09. The summed E-state index contributed by atoms with van der Waals surface area (Å²) in [7, 11) is 0. The van der Waals surface area contributed by atoms with Crippen molar-refractivity contribution >= 4 is 23.6 Å². The van der Waals surface area contributed by atoms with E-state index in [2.05, 4.69) is 10.6 Å². The van der Waals surface area contributed by atoms with Crippen LogP contribution < -0.4 is 16.4 Å². The van der Waals surface area contributed by atoms with Gasteiger partial charge in [0.1, 0.15) is 6.04 Å². The molecule has 25 heavy (non-hydrogen) atoms. The van der Waals surface area contributed by atoms with Crippen molar-refractivity contribution in [1.29, 1.82) is 0 Å². The first kappa shape index (κ1) is 19.8. The fourth-order valence-corrected chi connectivity index (χ4v) is 3.80. The third kappa shape index (κ3) is 5.75. The summed E-state index contributed by atoms with van der Waals surface area (Å²) in [5, 5.41) is 6.02. The van der Waals surface area contributed by atoms with Crippen LogP contribution in [-0.4, -0.2) is 42.5 Å². The molecular formula is C19H29N3O2S. The van der Waals surface area contributed by atoms with E-state index in [0.717, 1.165) is 30.6 Å². The van der Waals surface area contributed by atoms with Crippen LogP contribution in [0.4, 0.5) is 0 Å². The number of benzene rings is 1. The van der Waals surface area contributed by atoms with Gasteiger partial charge in [0, 0.05) is 11.6 Å². The summed E-state index contributed by atoms with van der Waals surface area (Å²) in [5.41, 5.74) is 7.41. The monoisotopic (exact) mass is 363 g/mol. The molecule has 0 aliphatic heterocycles. The predicted molar refractivity (Wildman–Crippen MR) is 104 cm³/mol. The van der Waals surface area contributed by atoms with Gasteiger partial charge in [-0.25, -0.2) is 0 Å². The van der Waals surface area contributed by atoms with Gasteiger partial charge in [-0.05, 0) is 62.8 Å². The number of thioether (sulfide) groups is 1. The molecule has 1 saturated carbocycles. The molecule has 0 bridgehead atoms. The molecule has 1 fully saturated rings. The molecule has 6 heteroatoms. The summed E-state index contributed by atoms with van der Waals surface area (Å²) >= 11 is 1.67. The molecule has 3 unspecified atom stereocenters. The van der Waals surface area contributed by atoms with Crippen LogP contribution in [0.3, 0.4) is 0 Å². The second-order valence-corrected chi connectivity index (χ2v) is 7.70. The molecule has 2 rings (SSSR count). The van der Waals surface area contributed by atoms with Crippen LogP contribution in [0.5, 0.6) is 0 Å². The molecule has 4 N–H and O–H groups in total. The van der Waals surface area contributed by atoms with E-state index < -0.39 is 6.04 Å². The number of amides is 2. The Morgan fingerprint density at radius 3 is 2.84 bits per heavy atom. The zero-order valence-corrected chi connectivity index (χ0v) is 15.9. The molecule has 3 atom stereocenters. The van der Waals surface area contributed by atoms with Gasteiger partial charge in [0.15, 0.2) is 0 Å². The zero-order valence-electron chi connectivity index (χ0n) is 15.1. The topological polar surface area (TPSA) is 84.2 Å². The zero-order chi connectivity index (χ0) is 18.2. The van der Waals surface area contributed by atoms with Crippen molar-refractivity contribution in [2.45, 2.75) is 44.7 Å². The molecule has 0 heterocycles. The van der Waals surface area contributed by atoms with Crippen LogP contribution in [0.2, 0.25) is 0 Å². The van der Waals surface area contributed by atoms with Crippen LogP contribution in [0.15, 0.2) is 24.3 Å². The third-order valence-corrected chi connectivity index (χ3v) is 5.45. The number of hydrogen-bond donors (Lipinski definition) is 3. The smallest absolute Gasteiger partial charge is 0.251 e. The third-order valence-electron chi connectivity index (χ3n) is 4.80. The molecule has 138 valence electrons. The first-order chi connectivity index (χ1) is 12.0. The van der Waals surface area contributed by atoms with E-state index in [1.807, 2.05) is 31.4 Å². The minimum absolute atomic E-state index is 0.0968. The van der Waals surface area contributed by atoms with E-state index in [1.165, 1.54) is 0 Å². The Kier molecular flexibility index (Phi) is 7.78. The SMILES string of the molecule is CSCCC(NC(=O)c1cccc(C)c1)C(=O)NC1CCCC1CN. The minimum atomic E-state index is -0.514. The minimum Gasteiger partial charge on any atom is -0.351 e. The number of nitrogens with one attached hydrogen (secondary N) is 2. The highest BCUT2D eigenvalue weighted by molar-refractivity contribution is 7.98. The van der Waals surface area contributed by atoms with Gasteiger partial charge < -0.3 is 16.4 Å². The molecule has 1 aliphatic carbocycles. The fraction of sp³-hybridized carbons (Fsp3) is 0.579. The lowest BCUT2D eigenvalue weighted by atomic mass is 10.0. The van der Waals surface area contributed by atoms with Crippen molar-refractivity contribution in [3.63, 3.8) is 0 Å². The van der Waals surface area contributed by atoms with Gasteiger partial charge in [0.2, 0.25) is 5.91 Å². The van der Waals surface area contributed by atoms with Gasteiger partial charge in [-0.3, -0.25) is 9.59 Å². The first-order valence-electron chi connectivity index (χ1n) is 8.92. The number of aryl methyl sites for hydroxylation is 1. The van der Waals surface area contributed by atoms with Crippen molar-refractivity contribution < 1.29 is 9.59 Å². The van der Waals surface area contributed by atoms with Crippen molar-refractivity contribution in [2.75, 3.05) is 18.6 Å². The van der Waals surface area contributed by atoms with Gasteiger partial charge in [-0.2, -0.15) is 11.8 Å². The lowest BCUT2D eigenvalue weighted by Gasteiger charge is -2.24. The van der Waals surface area contributed by atoms with Crippen LogP contribution in [0.25, 0.3) is 0 Å². The largest absolute Gasteiger partial charge is 0.351 e. The Balaban J connectivity index is 2.01. The summed E-state index contributed by atoms with van der Waals surface area (Å²) in [5.74, 6) is 0.863. The van der Waals surface area contributed by atoms with Crippen molar-refractivity contribution in [2.24, 2.45) is 11.7 Å². The summed E-state index contributed by atoms with van der Waals surface area (Å²) in [4.78, 5) is 25.2. The van der Waals surface area contributed by atoms with Crippen molar-refractivity contribution in [1.82, 2.24) is 10.6 Å². The van der Waals surface area contributed by atoms with Gasteiger partial charge in [0.05, 0.1) is 0 Å². The molecule has 1 aromatic rings. The van der Waals surface area contributed by atoms with Gasteiger partial charge in [-0.15, -0.1) is 0 Å². The van der Waals surface area contributed by atoms with Gasteiger partial charge >= 0.3 is 0 Å². The lowest BCUT2D eigenvalue weighted by Crippen LogP contribution is -2.51. The Morgan fingerprint density at radius 1 is 1.36 bits per heavy atom. The summed E-state index contributed by atoms with van der Waals surface area (Å²) < 4.78 is 0. The second kappa shape index (κ2) is 9.82. The molecule has 0 aromatic heterocycles. The molecule has 0 radical (unpaired) electrons. The Labute approximate surface area is 154 Å². The summed E-state index contributed by atoms with van der Waals surface area (Å²) in [6.07, 6.45) is 5.74.